The monoisotopic (exact) mass is 267 g/mol. The van der Waals surface area contributed by atoms with Gasteiger partial charge in [-0.05, 0) is 0 Å². The fourth-order valence-corrected chi connectivity index (χ4v) is 1.51. The highest BCUT2D eigenvalue weighted by Crippen LogP contribution is 2.22. The first kappa shape index (κ1) is 15.2. The third kappa shape index (κ3) is 3.14. The Morgan fingerprint density at radius 3 is 2.28 bits per heavy atom. The number of carbonyl (C=O) groups is 1. The van der Waals surface area contributed by atoms with Crippen LogP contribution in [0.15, 0.2) is 0 Å². The van der Waals surface area contributed by atoms with E-state index in [0.29, 0.717) is 0 Å². The van der Waals surface area contributed by atoms with Crippen molar-refractivity contribution in [2.24, 2.45) is 0 Å². The Morgan fingerprint density at radius 2 is 1.83 bits per heavy atom. The Morgan fingerprint density at radius 1 is 1.22 bits per heavy atom. The van der Waals surface area contributed by atoms with E-state index >= 15 is 0 Å². The number of aliphatic hydroxyl groups is 5. The van der Waals surface area contributed by atoms with Crippen LogP contribution in [0.4, 0.5) is 0 Å². The number of aliphatic hydroxyl groups excluding tert-OH is 5. The van der Waals surface area contributed by atoms with E-state index in [4.69, 9.17) is 19.7 Å². The van der Waals surface area contributed by atoms with Crippen LogP contribution in [0.1, 0.15) is 0 Å². The van der Waals surface area contributed by atoms with Crippen LogP contribution in [0.25, 0.3) is 0 Å². The SMILES string of the molecule is O=C([O-])C(CO)OC1OC(CO)C(O)C(O)C1O. The lowest BCUT2D eigenvalue weighted by Gasteiger charge is -2.40. The first-order valence-corrected chi connectivity index (χ1v) is 5.20. The van der Waals surface area contributed by atoms with Gasteiger partial charge in [0, 0.05) is 0 Å². The second kappa shape index (κ2) is 6.38. The number of hydrogen-bond acceptors (Lipinski definition) is 9. The lowest BCUT2D eigenvalue weighted by molar-refractivity contribution is -0.344. The van der Waals surface area contributed by atoms with Crippen molar-refractivity contribution in [3.05, 3.63) is 0 Å². The Hall–Kier alpha value is -0.810. The summed E-state index contributed by atoms with van der Waals surface area (Å²) < 4.78 is 9.58. The van der Waals surface area contributed by atoms with E-state index in [1.165, 1.54) is 0 Å². The number of carbonyl (C=O) groups excluding carboxylic acids is 1. The van der Waals surface area contributed by atoms with E-state index in [0.717, 1.165) is 0 Å². The largest absolute Gasteiger partial charge is 0.547 e. The van der Waals surface area contributed by atoms with E-state index in [-0.39, 0.29) is 0 Å². The van der Waals surface area contributed by atoms with Crippen LogP contribution < -0.4 is 5.11 Å². The number of hydrogen-bond donors (Lipinski definition) is 5. The maximum atomic E-state index is 10.5. The molecular weight excluding hydrogens is 252 g/mol. The van der Waals surface area contributed by atoms with Crippen LogP contribution in [0.5, 0.6) is 0 Å². The predicted molar refractivity (Wildman–Crippen MR) is 50.7 cm³/mol. The molecule has 6 unspecified atom stereocenters. The van der Waals surface area contributed by atoms with Gasteiger partial charge < -0.3 is 44.9 Å². The zero-order chi connectivity index (χ0) is 13.9. The minimum absolute atomic E-state index is 0.667. The van der Waals surface area contributed by atoms with Gasteiger partial charge in [-0.3, -0.25) is 0 Å². The van der Waals surface area contributed by atoms with E-state index in [1.807, 2.05) is 0 Å². The van der Waals surface area contributed by atoms with Crippen molar-refractivity contribution in [3.8, 4) is 0 Å². The van der Waals surface area contributed by atoms with E-state index in [9.17, 15) is 25.2 Å². The number of carboxylic acid groups (broad SMARTS) is 1. The molecule has 1 heterocycles. The normalized spacial score (nSPS) is 38.4. The molecule has 1 saturated heterocycles. The molecule has 0 aromatic carbocycles. The van der Waals surface area contributed by atoms with E-state index in [2.05, 4.69) is 0 Å². The molecule has 18 heavy (non-hydrogen) atoms. The summed E-state index contributed by atoms with van der Waals surface area (Å²) in [5, 5.41) is 56.4. The topological polar surface area (TPSA) is 160 Å². The summed E-state index contributed by atoms with van der Waals surface area (Å²) >= 11 is 0. The van der Waals surface area contributed by atoms with Gasteiger partial charge in [0.1, 0.15) is 30.5 Å². The first-order valence-electron chi connectivity index (χ1n) is 5.20. The van der Waals surface area contributed by atoms with Crippen molar-refractivity contribution < 1.29 is 44.9 Å². The van der Waals surface area contributed by atoms with Gasteiger partial charge in [-0.25, -0.2) is 0 Å². The zero-order valence-electron chi connectivity index (χ0n) is 9.25. The van der Waals surface area contributed by atoms with Gasteiger partial charge in [0.15, 0.2) is 6.29 Å². The Labute approximate surface area is 102 Å². The highest BCUT2D eigenvalue weighted by atomic mass is 16.7. The highest BCUT2D eigenvalue weighted by molar-refractivity contribution is 5.70. The second-order valence-corrected chi connectivity index (χ2v) is 3.82. The van der Waals surface area contributed by atoms with Gasteiger partial charge in [-0.1, -0.05) is 0 Å². The molecule has 1 rings (SSSR count). The van der Waals surface area contributed by atoms with Crippen LogP contribution in [0, 0.1) is 0 Å². The van der Waals surface area contributed by atoms with Crippen molar-refractivity contribution in [1.29, 1.82) is 0 Å². The fourth-order valence-electron chi connectivity index (χ4n) is 1.51. The molecule has 0 radical (unpaired) electrons. The summed E-state index contributed by atoms with van der Waals surface area (Å²) in [5.74, 6) is -1.73. The van der Waals surface area contributed by atoms with E-state index in [1.54, 1.807) is 0 Å². The third-order valence-electron chi connectivity index (χ3n) is 2.58. The quantitative estimate of drug-likeness (QED) is 0.328. The average Bonchev–Trinajstić information content (AvgIpc) is 2.35. The van der Waals surface area contributed by atoms with Gasteiger partial charge in [0.2, 0.25) is 0 Å². The molecule has 0 amide bonds. The van der Waals surface area contributed by atoms with Gasteiger partial charge >= 0.3 is 0 Å². The second-order valence-electron chi connectivity index (χ2n) is 3.82. The minimum Gasteiger partial charge on any atom is -0.547 e. The summed E-state index contributed by atoms with van der Waals surface area (Å²) in [6.45, 7) is -1.59. The molecule has 0 bridgehead atoms. The highest BCUT2D eigenvalue weighted by Gasteiger charge is 2.44. The summed E-state index contributed by atoms with van der Waals surface area (Å²) in [4.78, 5) is 10.5. The minimum atomic E-state index is -1.76. The summed E-state index contributed by atoms with van der Waals surface area (Å²) in [7, 11) is 0. The van der Waals surface area contributed by atoms with Crippen molar-refractivity contribution >= 4 is 5.97 Å². The van der Waals surface area contributed by atoms with Crippen molar-refractivity contribution in [2.45, 2.75) is 36.8 Å². The van der Waals surface area contributed by atoms with Gasteiger partial charge in [0.25, 0.3) is 0 Å². The van der Waals surface area contributed by atoms with Crippen molar-refractivity contribution in [3.63, 3.8) is 0 Å². The summed E-state index contributed by atoms with van der Waals surface area (Å²) in [5.41, 5.74) is 0. The first-order chi connectivity index (χ1) is 8.42. The summed E-state index contributed by atoms with van der Waals surface area (Å²) in [6.07, 6.45) is -9.56. The molecule has 9 heteroatoms. The molecule has 0 aromatic rings. The van der Waals surface area contributed by atoms with E-state index < -0.39 is 56.0 Å². The number of rotatable bonds is 5. The number of carboxylic acids is 1. The molecule has 5 N–H and O–H groups in total. The predicted octanol–water partition coefficient (Wildman–Crippen LogP) is -5.09. The van der Waals surface area contributed by atoms with Crippen molar-refractivity contribution in [2.75, 3.05) is 13.2 Å². The number of ether oxygens (including phenoxy) is 2. The Balaban J connectivity index is 2.72. The van der Waals surface area contributed by atoms with Crippen LogP contribution in [-0.4, -0.2) is 81.5 Å². The molecule has 1 aliphatic heterocycles. The van der Waals surface area contributed by atoms with Crippen molar-refractivity contribution in [1.82, 2.24) is 0 Å². The molecule has 9 nitrogen and oxygen atoms in total. The number of aliphatic carboxylic acids is 1. The zero-order valence-corrected chi connectivity index (χ0v) is 9.25. The maximum Gasteiger partial charge on any atom is 0.187 e. The van der Waals surface area contributed by atoms with Gasteiger partial charge in [-0.15, -0.1) is 0 Å². The fraction of sp³-hybridized carbons (Fsp3) is 0.889. The molecule has 1 fully saturated rings. The molecule has 106 valence electrons. The summed E-state index contributed by atoms with van der Waals surface area (Å²) in [6, 6.07) is 0. The van der Waals surface area contributed by atoms with Gasteiger partial charge in [0.05, 0.1) is 19.2 Å². The smallest absolute Gasteiger partial charge is 0.187 e. The molecule has 0 aromatic heterocycles. The third-order valence-corrected chi connectivity index (χ3v) is 2.58. The lowest BCUT2D eigenvalue weighted by Crippen LogP contribution is -2.60. The molecule has 1 aliphatic rings. The van der Waals surface area contributed by atoms with Crippen LogP contribution in [-0.2, 0) is 14.3 Å². The maximum absolute atomic E-state index is 10.5. The molecular formula is C9H15O9-. The Kier molecular flexibility index (Phi) is 5.41. The van der Waals surface area contributed by atoms with Crippen LogP contribution in [0.3, 0.4) is 0 Å². The van der Waals surface area contributed by atoms with Crippen LogP contribution in [0.2, 0.25) is 0 Å². The molecule has 0 spiro atoms. The lowest BCUT2D eigenvalue weighted by atomic mass is 9.99. The van der Waals surface area contributed by atoms with Crippen LogP contribution >= 0.6 is 0 Å². The standard InChI is InChI=1S/C9H16O9/c10-1-3-5(12)6(13)7(14)9(17-3)18-4(2-11)8(15)16/h3-7,9-14H,1-2H2,(H,15,16)/p-1. The Bertz CT molecular complexity index is 281. The average molecular weight is 267 g/mol. The molecule has 6 atom stereocenters. The molecule has 0 aliphatic carbocycles. The molecule has 0 saturated carbocycles. The van der Waals surface area contributed by atoms with Gasteiger partial charge in [-0.2, -0.15) is 0 Å².